The summed E-state index contributed by atoms with van der Waals surface area (Å²) in [7, 11) is 3.32. The smallest absolute Gasteiger partial charge is 0.229 e. The van der Waals surface area contributed by atoms with Crippen LogP contribution in [0.1, 0.15) is 24.1 Å². The molecule has 1 aromatic carbocycles. The summed E-state index contributed by atoms with van der Waals surface area (Å²) in [6.07, 6.45) is 4.14. The van der Waals surface area contributed by atoms with Crippen LogP contribution in [0.5, 0.6) is 5.75 Å². The number of fused-ring (bicyclic) bond motifs is 3. The molecule has 1 unspecified atom stereocenters. The number of methoxy groups -OCH3 is 2. The highest BCUT2D eigenvalue weighted by Gasteiger charge is 2.46. The van der Waals surface area contributed by atoms with Crippen LogP contribution in [0.15, 0.2) is 30.5 Å². The lowest BCUT2D eigenvalue weighted by Crippen LogP contribution is -3.20. The van der Waals surface area contributed by atoms with Gasteiger partial charge in [-0.1, -0.05) is 23.4 Å². The number of hydrogen-bond donors (Lipinski definition) is 2. The van der Waals surface area contributed by atoms with E-state index in [4.69, 9.17) is 9.47 Å². The van der Waals surface area contributed by atoms with Gasteiger partial charge in [0, 0.05) is 32.1 Å². The van der Waals surface area contributed by atoms with Gasteiger partial charge in [0.05, 0.1) is 45.5 Å². The van der Waals surface area contributed by atoms with Gasteiger partial charge in [-0.05, 0) is 12.0 Å². The highest BCUT2D eigenvalue weighted by atomic mass is 16.5. The van der Waals surface area contributed by atoms with Crippen LogP contribution in [0.3, 0.4) is 0 Å². The summed E-state index contributed by atoms with van der Waals surface area (Å²) in [6, 6.07) is 8.31. The predicted octanol–water partition coefficient (Wildman–Crippen LogP) is 0.0428. The van der Waals surface area contributed by atoms with Crippen LogP contribution >= 0.6 is 0 Å². The number of rotatable bonds is 8. The number of para-hydroxylation sites is 1. The Balaban J connectivity index is 1.33. The Bertz CT molecular complexity index is 839. The van der Waals surface area contributed by atoms with Crippen molar-refractivity contribution in [2.24, 2.45) is 11.8 Å². The van der Waals surface area contributed by atoms with Crippen molar-refractivity contribution in [3.63, 3.8) is 0 Å². The SMILES string of the molecule is COCc1cn(C[C@H]2C[C@H]3CC[NH+]2C[C@@H]3C(=O)NCc2ccccc2OC)nn1. The first-order valence-electron chi connectivity index (χ1n) is 10.3. The van der Waals surface area contributed by atoms with Crippen molar-refractivity contribution >= 4 is 5.91 Å². The van der Waals surface area contributed by atoms with Gasteiger partial charge >= 0.3 is 0 Å². The minimum Gasteiger partial charge on any atom is -0.496 e. The number of aromatic nitrogens is 3. The molecule has 2 N–H and O–H groups in total. The average Bonchev–Trinajstić information content (AvgIpc) is 3.19. The van der Waals surface area contributed by atoms with Crippen molar-refractivity contribution in [3.8, 4) is 5.75 Å². The van der Waals surface area contributed by atoms with Crippen molar-refractivity contribution in [1.29, 1.82) is 0 Å². The number of carbonyl (C=O) groups is 1. The summed E-state index contributed by atoms with van der Waals surface area (Å²) in [5.41, 5.74) is 1.86. The Morgan fingerprint density at radius 3 is 2.97 bits per heavy atom. The fourth-order valence-corrected chi connectivity index (χ4v) is 4.85. The monoisotopic (exact) mass is 400 g/mol. The molecule has 4 heterocycles. The quantitative estimate of drug-likeness (QED) is 0.654. The highest BCUT2D eigenvalue weighted by Crippen LogP contribution is 2.28. The van der Waals surface area contributed by atoms with Gasteiger partial charge in [-0.25, -0.2) is 4.68 Å². The molecule has 5 rings (SSSR count). The summed E-state index contributed by atoms with van der Waals surface area (Å²) in [5, 5.41) is 11.5. The summed E-state index contributed by atoms with van der Waals surface area (Å²) in [4.78, 5) is 14.4. The third-order valence-electron chi connectivity index (χ3n) is 6.32. The zero-order chi connectivity index (χ0) is 20.2. The molecule has 0 spiro atoms. The van der Waals surface area contributed by atoms with Gasteiger partial charge in [-0.15, -0.1) is 5.10 Å². The van der Waals surface area contributed by atoms with Crippen LogP contribution in [0.25, 0.3) is 0 Å². The van der Waals surface area contributed by atoms with Crippen LogP contribution in [-0.2, 0) is 29.2 Å². The molecule has 0 aliphatic carbocycles. The molecule has 4 atom stereocenters. The number of ether oxygens (including phenoxy) is 2. The van der Waals surface area contributed by atoms with E-state index in [9.17, 15) is 4.79 Å². The van der Waals surface area contributed by atoms with E-state index in [0.717, 1.165) is 49.5 Å². The third-order valence-corrected chi connectivity index (χ3v) is 6.32. The van der Waals surface area contributed by atoms with E-state index in [1.807, 2.05) is 35.1 Å². The number of amides is 1. The lowest BCUT2D eigenvalue weighted by Gasteiger charge is -2.46. The Hall–Kier alpha value is -2.45. The number of piperidine rings is 3. The van der Waals surface area contributed by atoms with Crippen molar-refractivity contribution < 1.29 is 19.2 Å². The van der Waals surface area contributed by atoms with Crippen molar-refractivity contribution in [2.75, 3.05) is 27.3 Å². The Morgan fingerprint density at radius 1 is 1.34 bits per heavy atom. The predicted molar refractivity (Wildman–Crippen MR) is 106 cm³/mol. The second-order valence-corrected chi connectivity index (χ2v) is 8.09. The number of benzene rings is 1. The number of nitrogens with one attached hydrogen (secondary N) is 2. The number of nitrogens with zero attached hydrogens (tertiary/aromatic N) is 3. The molecule has 3 aliphatic rings. The summed E-state index contributed by atoms with van der Waals surface area (Å²) >= 11 is 0. The first-order valence-corrected chi connectivity index (χ1v) is 10.3. The fraction of sp³-hybridized carbons (Fsp3) is 0.571. The summed E-state index contributed by atoms with van der Waals surface area (Å²) < 4.78 is 12.4. The van der Waals surface area contributed by atoms with Gasteiger partial charge in [0.1, 0.15) is 17.5 Å². The summed E-state index contributed by atoms with van der Waals surface area (Å²) in [5.74, 6) is 1.51. The highest BCUT2D eigenvalue weighted by molar-refractivity contribution is 5.79. The van der Waals surface area contributed by atoms with Crippen LogP contribution in [0, 0.1) is 11.8 Å². The maximum absolute atomic E-state index is 12.9. The first-order chi connectivity index (χ1) is 14.2. The van der Waals surface area contributed by atoms with Gasteiger partial charge in [-0.2, -0.15) is 0 Å². The molecule has 3 saturated heterocycles. The van der Waals surface area contributed by atoms with Gasteiger partial charge in [-0.3, -0.25) is 4.79 Å². The first kappa shape index (κ1) is 19.8. The fourth-order valence-electron chi connectivity index (χ4n) is 4.85. The van der Waals surface area contributed by atoms with E-state index in [-0.39, 0.29) is 11.8 Å². The van der Waals surface area contributed by atoms with Crippen molar-refractivity contribution in [1.82, 2.24) is 20.3 Å². The number of quaternary nitrogens is 1. The normalized spacial score (nSPS) is 25.7. The lowest BCUT2D eigenvalue weighted by atomic mass is 9.75. The number of carbonyl (C=O) groups excluding carboxylic acids is 1. The largest absolute Gasteiger partial charge is 0.496 e. The molecule has 2 bridgehead atoms. The van der Waals surface area contributed by atoms with Crippen LogP contribution < -0.4 is 15.0 Å². The van der Waals surface area contributed by atoms with E-state index in [0.29, 0.717) is 25.1 Å². The Labute approximate surface area is 171 Å². The molecule has 2 aromatic rings. The zero-order valence-corrected chi connectivity index (χ0v) is 17.1. The van der Waals surface area contributed by atoms with Gasteiger partial charge in [0.2, 0.25) is 5.91 Å². The van der Waals surface area contributed by atoms with E-state index in [1.165, 1.54) is 4.90 Å². The molecule has 156 valence electrons. The second kappa shape index (κ2) is 8.92. The summed E-state index contributed by atoms with van der Waals surface area (Å²) in [6.45, 7) is 3.86. The van der Waals surface area contributed by atoms with Gasteiger partial charge in [0.25, 0.3) is 0 Å². The molecular formula is C21H30N5O3+. The van der Waals surface area contributed by atoms with Crippen molar-refractivity contribution in [3.05, 3.63) is 41.7 Å². The minimum atomic E-state index is 0.0875. The Morgan fingerprint density at radius 2 is 2.21 bits per heavy atom. The van der Waals surface area contributed by atoms with Crippen LogP contribution in [0.4, 0.5) is 0 Å². The van der Waals surface area contributed by atoms with Crippen LogP contribution in [0.2, 0.25) is 0 Å². The number of hydrogen-bond acceptors (Lipinski definition) is 5. The average molecular weight is 401 g/mol. The van der Waals surface area contributed by atoms with E-state index < -0.39 is 0 Å². The molecule has 3 aliphatic heterocycles. The molecule has 29 heavy (non-hydrogen) atoms. The molecule has 8 heteroatoms. The lowest BCUT2D eigenvalue weighted by molar-refractivity contribution is -0.945. The van der Waals surface area contributed by atoms with Crippen LogP contribution in [-0.4, -0.2) is 54.3 Å². The van der Waals surface area contributed by atoms with Gasteiger partial charge in [0.15, 0.2) is 0 Å². The standard InChI is InChI=1S/C21H29N5O3/c1-28-14-17-11-26(24-23-17)12-18-9-15-7-8-25(18)13-19(15)21(27)22-10-16-5-3-4-6-20(16)29-2/h3-6,11,15,18-19H,7-10,12-14H2,1-2H3,(H,22,27)/p+1/t15-,18-,19+/m1/s1. The van der Waals surface area contributed by atoms with Gasteiger partial charge < -0.3 is 19.7 Å². The van der Waals surface area contributed by atoms with E-state index >= 15 is 0 Å². The third kappa shape index (κ3) is 4.43. The zero-order valence-electron chi connectivity index (χ0n) is 17.1. The molecule has 1 amide bonds. The Kier molecular flexibility index (Phi) is 6.10. The van der Waals surface area contributed by atoms with Crippen molar-refractivity contribution in [2.45, 2.75) is 38.6 Å². The maximum atomic E-state index is 12.9. The minimum absolute atomic E-state index is 0.0875. The molecule has 0 radical (unpaired) electrons. The molecule has 0 saturated carbocycles. The molecule has 8 nitrogen and oxygen atoms in total. The molecular weight excluding hydrogens is 370 g/mol. The van der Waals surface area contributed by atoms with E-state index in [1.54, 1.807) is 14.2 Å². The topological polar surface area (TPSA) is 82.7 Å². The molecule has 1 aromatic heterocycles. The second-order valence-electron chi connectivity index (χ2n) is 8.09. The molecule has 3 fully saturated rings. The maximum Gasteiger partial charge on any atom is 0.229 e. The van der Waals surface area contributed by atoms with E-state index in [2.05, 4.69) is 15.6 Å².